The van der Waals surface area contributed by atoms with E-state index in [0.29, 0.717) is 24.0 Å². The second-order valence-electron chi connectivity index (χ2n) is 5.91. The third-order valence-electron chi connectivity index (χ3n) is 4.33. The van der Waals surface area contributed by atoms with Gasteiger partial charge in [-0.3, -0.25) is 14.3 Å². The molecule has 1 aromatic heterocycles. The molecule has 7 heteroatoms. The Kier molecular flexibility index (Phi) is 6.10. The quantitative estimate of drug-likeness (QED) is 0.862. The van der Waals surface area contributed by atoms with Crippen molar-refractivity contribution >= 4 is 23.6 Å². The summed E-state index contributed by atoms with van der Waals surface area (Å²) < 4.78 is 1.93. The van der Waals surface area contributed by atoms with Crippen LogP contribution in [0.5, 0.6) is 0 Å². The van der Waals surface area contributed by atoms with Crippen LogP contribution < -0.4 is 0 Å². The summed E-state index contributed by atoms with van der Waals surface area (Å²) in [4.78, 5) is 25.5. The molecule has 128 valence electrons. The number of aryl methyl sites for hydroxylation is 1. The Morgan fingerprint density at radius 1 is 1.43 bits per heavy atom. The van der Waals surface area contributed by atoms with E-state index in [0.717, 1.165) is 24.3 Å². The molecular weight excluding hydrogens is 314 g/mol. The van der Waals surface area contributed by atoms with Gasteiger partial charge < -0.3 is 10.0 Å². The zero-order chi connectivity index (χ0) is 17.0. The van der Waals surface area contributed by atoms with E-state index in [9.17, 15) is 9.59 Å². The van der Waals surface area contributed by atoms with E-state index in [4.69, 9.17) is 5.11 Å². The van der Waals surface area contributed by atoms with Crippen molar-refractivity contribution in [3.05, 3.63) is 17.5 Å². The smallest absolute Gasteiger partial charge is 0.305 e. The van der Waals surface area contributed by atoms with Gasteiger partial charge in [-0.15, -0.1) is 0 Å². The summed E-state index contributed by atoms with van der Waals surface area (Å²) >= 11 is 1.70. The largest absolute Gasteiger partial charge is 0.481 e. The van der Waals surface area contributed by atoms with Crippen LogP contribution in [0.3, 0.4) is 0 Å². The highest BCUT2D eigenvalue weighted by Gasteiger charge is 2.31. The van der Waals surface area contributed by atoms with E-state index in [1.54, 1.807) is 16.7 Å². The van der Waals surface area contributed by atoms with Crippen molar-refractivity contribution in [3.8, 4) is 0 Å². The molecule has 1 N–H and O–H groups in total. The summed E-state index contributed by atoms with van der Waals surface area (Å²) in [6.45, 7) is 6.77. The van der Waals surface area contributed by atoms with Crippen molar-refractivity contribution in [2.75, 3.05) is 18.1 Å². The number of carboxylic acids is 1. The van der Waals surface area contributed by atoms with E-state index in [-0.39, 0.29) is 18.4 Å². The van der Waals surface area contributed by atoms with Crippen molar-refractivity contribution in [2.24, 2.45) is 0 Å². The summed E-state index contributed by atoms with van der Waals surface area (Å²) in [5, 5.41) is 13.6. The number of carbonyl (C=O) groups excluding carboxylic acids is 1. The number of thioether (sulfide) groups is 1. The fourth-order valence-corrected chi connectivity index (χ4v) is 4.10. The van der Waals surface area contributed by atoms with Crippen molar-refractivity contribution in [2.45, 2.75) is 52.1 Å². The van der Waals surface area contributed by atoms with Gasteiger partial charge in [0.1, 0.15) is 0 Å². The predicted molar refractivity (Wildman–Crippen MR) is 91.0 cm³/mol. The number of nitrogens with zero attached hydrogens (tertiary/aromatic N) is 3. The second-order valence-corrected chi connectivity index (χ2v) is 7.06. The third-order valence-corrected chi connectivity index (χ3v) is 5.42. The van der Waals surface area contributed by atoms with Crippen LogP contribution in [0, 0.1) is 6.92 Å². The molecule has 0 aliphatic carbocycles. The molecule has 2 heterocycles. The van der Waals surface area contributed by atoms with Gasteiger partial charge in [0, 0.05) is 23.7 Å². The molecule has 1 aliphatic rings. The minimum atomic E-state index is -0.867. The maximum atomic E-state index is 12.8. The van der Waals surface area contributed by atoms with E-state index < -0.39 is 5.97 Å². The van der Waals surface area contributed by atoms with Gasteiger partial charge in [-0.25, -0.2) is 0 Å². The van der Waals surface area contributed by atoms with Crippen molar-refractivity contribution < 1.29 is 14.7 Å². The number of hydrogen-bond acceptors (Lipinski definition) is 4. The summed E-state index contributed by atoms with van der Waals surface area (Å²) in [6, 6.07) is 1.86. The van der Waals surface area contributed by atoms with Gasteiger partial charge in [0.15, 0.2) is 5.69 Å². The van der Waals surface area contributed by atoms with Gasteiger partial charge in [-0.05, 0) is 25.8 Å². The number of carboxylic acid groups (broad SMARTS) is 1. The topological polar surface area (TPSA) is 75.4 Å². The van der Waals surface area contributed by atoms with Crippen LogP contribution in [0.4, 0.5) is 0 Å². The molecule has 1 aliphatic heterocycles. The first-order chi connectivity index (χ1) is 11.0. The van der Waals surface area contributed by atoms with Crippen LogP contribution in [0.15, 0.2) is 6.07 Å². The first kappa shape index (κ1) is 17.8. The fourth-order valence-electron chi connectivity index (χ4n) is 3.04. The lowest BCUT2D eigenvalue weighted by molar-refractivity contribution is -0.138. The lowest BCUT2D eigenvalue weighted by atomic mass is 10.1. The van der Waals surface area contributed by atoms with Crippen LogP contribution in [0.1, 0.15) is 55.3 Å². The average molecular weight is 339 g/mol. The first-order valence-electron chi connectivity index (χ1n) is 8.14. The molecule has 1 aromatic rings. The molecule has 1 fully saturated rings. The lowest BCUT2D eigenvalue weighted by Crippen LogP contribution is -2.47. The second kappa shape index (κ2) is 7.86. The first-order valence-corrected chi connectivity index (χ1v) is 9.30. The monoisotopic (exact) mass is 339 g/mol. The zero-order valence-electron chi connectivity index (χ0n) is 14.0. The molecule has 1 amide bonds. The molecule has 1 atom stereocenters. The summed E-state index contributed by atoms with van der Waals surface area (Å²) in [5.74, 6) is 0.497. The Morgan fingerprint density at radius 2 is 2.13 bits per heavy atom. The predicted octanol–water partition coefficient (Wildman–Crippen LogP) is 2.58. The number of carbonyl (C=O) groups is 2. The highest BCUT2D eigenvalue weighted by atomic mass is 32.2. The van der Waals surface area contributed by atoms with Crippen LogP contribution in [0.25, 0.3) is 0 Å². The van der Waals surface area contributed by atoms with Crippen molar-refractivity contribution in [1.82, 2.24) is 14.7 Å². The van der Waals surface area contributed by atoms with E-state index in [1.807, 2.05) is 17.7 Å². The minimum Gasteiger partial charge on any atom is -0.481 e. The SMILES string of the molecule is CCC(CC)n1nc(C(=O)N2CCSCC2CC(=O)O)cc1C. The fraction of sp³-hybridized carbons (Fsp3) is 0.688. The van der Waals surface area contributed by atoms with Gasteiger partial charge in [-0.2, -0.15) is 16.9 Å². The molecule has 0 spiro atoms. The molecule has 1 unspecified atom stereocenters. The van der Waals surface area contributed by atoms with Gasteiger partial charge in [0.25, 0.3) is 5.91 Å². The molecular formula is C16H25N3O3S. The van der Waals surface area contributed by atoms with Gasteiger partial charge >= 0.3 is 5.97 Å². The van der Waals surface area contributed by atoms with Crippen LogP contribution >= 0.6 is 11.8 Å². The number of amides is 1. The molecule has 0 bridgehead atoms. The Bertz CT molecular complexity index is 569. The zero-order valence-corrected chi connectivity index (χ0v) is 14.8. The Balaban J connectivity index is 2.21. The van der Waals surface area contributed by atoms with Crippen LogP contribution in [-0.2, 0) is 4.79 Å². The summed E-state index contributed by atoms with van der Waals surface area (Å²) in [6.07, 6.45) is 1.92. The van der Waals surface area contributed by atoms with Gasteiger partial charge in [0.2, 0.25) is 0 Å². The summed E-state index contributed by atoms with van der Waals surface area (Å²) in [5.41, 5.74) is 1.40. The number of hydrogen-bond donors (Lipinski definition) is 1. The minimum absolute atomic E-state index is 0.00895. The Labute approximate surface area is 141 Å². The van der Waals surface area contributed by atoms with Gasteiger partial charge in [-0.1, -0.05) is 13.8 Å². The molecule has 0 saturated carbocycles. The highest BCUT2D eigenvalue weighted by Crippen LogP contribution is 2.23. The van der Waals surface area contributed by atoms with Crippen molar-refractivity contribution in [1.29, 1.82) is 0 Å². The lowest BCUT2D eigenvalue weighted by Gasteiger charge is -2.34. The summed E-state index contributed by atoms with van der Waals surface area (Å²) in [7, 11) is 0. The third kappa shape index (κ3) is 4.07. The standard InChI is InChI=1S/C16H25N3O3S/c1-4-12(5-2)19-11(3)8-14(17-19)16(22)18-6-7-23-10-13(18)9-15(20)21/h8,12-13H,4-7,9-10H2,1-3H3,(H,20,21). The number of rotatable bonds is 6. The van der Waals surface area contributed by atoms with E-state index in [2.05, 4.69) is 18.9 Å². The average Bonchev–Trinajstić information content (AvgIpc) is 2.90. The Morgan fingerprint density at radius 3 is 2.74 bits per heavy atom. The number of aliphatic carboxylic acids is 1. The molecule has 23 heavy (non-hydrogen) atoms. The molecule has 2 rings (SSSR count). The van der Waals surface area contributed by atoms with Crippen LogP contribution in [0.2, 0.25) is 0 Å². The molecule has 0 radical (unpaired) electrons. The Hall–Kier alpha value is -1.50. The van der Waals surface area contributed by atoms with Crippen LogP contribution in [-0.4, -0.2) is 55.8 Å². The maximum absolute atomic E-state index is 12.8. The highest BCUT2D eigenvalue weighted by molar-refractivity contribution is 7.99. The molecule has 0 aromatic carbocycles. The normalized spacial score (nSPS) is 18.4. The molecule has 1 saturated heterocycles. The number of aromatic nitrogens is 2. The van der Waals surface area contributed by atoms with E-state index in [1.165, 1.54) is 0 Å². The maximum Gasteiger partial charge on any atom is 0.305 e. The molecule has 6 nitrogen and oxygen atoms in total. The van der Waals surface area contributed by atoms with Gasteiger partial charge in [0.05, 0.1) is 18.5 Å². The van der Waals surface area contributed by atoms with E-state index >= 15 is 0 Å². The van der Waals surface area contributed by atoms with Crippen molar-refractivity contribution in [3.63, 3.8) is 0 Å².